The van der Waals surface area contributed by atoms with E-state index in [-0.39, 0.29) is 11.6 Å². The molecule has 0 atom stereocenters. The number of halogens is 1. The van der Waals surface area contributed by atoms with Crippen LogP contribution in [0.25, 0.3) is 0 Å². The van der Waals surface area contributed by atoms with E-state index in [0.717, 1.165) is 37.9 Å². The number of carbonyl (C=O) groups is 1. The Morgan fingerprint density at radius 2 is 2.11 bits per heavy atom. The molecule has 0 radical (unpaired) electrons. The fourth-order valence-electron chi connectivity index (χ4n) is 2.58. The number of carbonyl (C=O) groups excluding carboxylic acids is 1. The summed E-state index contributed by atoms with van der Waals surface area (Å²) < 4.78 is 13.0. The summed E-state index contributed by atoms with van der Waals surface area (Å²) in [6, 6.07) is 4.40. The maximum absolute atomic E-state index is 13.0. The third-order valence-corrected chi connectivity index (χ3v) is 3.73. The van der Waals surface area contributed by atoms with Gasteiger partial charge in [0.2, 0.25) is 0 Å². The normalized spacial score (nSPS) is 16.8. The molecule has 0 unspecified atom stereocenters. The zero-order chi connectivity index (χ0) is 13.0. The average Bonchev–Trinajstić information content (AvgIpc) is 2.37. The smallest absolute Gasteiger partial charge is 0.163 e. The molecule has 0 saturated carbocycles. The van der Waals surface area contributed by atoms with Crippen LogP contribution in [0, 0.1) is 18.7 Å². The third kappa shape index (κ3) is 3.39. The summed E-state index contributed by atoms with van der Waals surface area (Å²) in [5.74, 6) is 0.532. The van der Waals surface area contributed by atoms with E-state index >= 15 is 0 Å². The number of piperidine rings is 1. The van der Waals surface area contributed by atoms with Crippen molar-refractivity contribution in [1.29, 1.82) is 0 Å². The van der Waals surface area contributed by atoms with Gasteiger partial charge in [-0.25, -0.2) is 4.39 Å². The molecule has 1 heterocycles. The number of rotatable bonds is 4. The lowest BCUT2D eigenvalue weighted by atomic mass is 9.90. The second kappa shape index (κ2) is 6.10. The summed E-state index contributed by atoms with van der Waals surface area (Å²) in [4.78, 5) is 12.1. The zero-order valence-electron chi connectivity index (χ0n) is 10.8. The molecule has 98 valence electrons. The van der Waals surface area contributed by atoms with E-state index in [4.69, 9.17) is 0 Å². The highest BCUT2D eigenvalue weighted by Gasteiger charge is 2.16. The summed E-state index contributed by atoms with van der Waals surface area (Å²) in [5, 5.41) is 3.32. The maximum Gasteiger partial charge on any atom is 0.163 e. The number of ketones is 1. The molecule has 1 N–H and O–H groups in total. The highest BCUT2D eigenvalue weighted by Crippen LogP contribution is 2.20. The summed E-state index contributed by atoms with van der Waals surface area (Å²) in [6.07, 6.45) is 3.86. The molecule has 0 spiro atoms. The van der Waals surface area contributed by atoms with Gasteiger partial charge in [-0.3, -0.25) is 4.79 Å². The first-order valence-electron chi connectivity index (χ1n) is 6.67. The topological polar surface area (TPSA) is 29.1 Å². The van der Waals surface area contributed by atoms with Gasteiger partial charge in [-0.1, -0.05) is 0 Å². The Morgan fingerprint density at radius 1 is 1.39 bits per heavy atom. The number of aryl methyl sites for hydroxylation is 1. The molecular formula is C15H20FNO. The van der Waals surface area contributed by atoms with Crippen molar-refractivity contribution in [3.8, 4) is 0 Å². The maximum atomic E-state index is 13.0. The first kappa shape index (κ1) is 13.2. The van der Waals surface area contributed by atoms with Gasteiger partial charge in [-0.2, -0.15) is 0 Å². The molecule has 1 saturated heterocycles. The van der Waals surface area contributed by atoms with Gasteiger partial charge in [0.15, 0.2) is 5.78 Å². The van der Waals surface area contributed by atoms with Gasteiger partial charge in [-0.05, 0) is 69.0 Å². The minimum absolute atomic E-state index is 0.144. The predicted molar refractivity (Wildman–Crippen MR) is 70.3 cm³/mol. The largest absolute Gasteiger partial charge is 0.317 e. The van der Waals surface area contributed by atoms with Crippen molar-refractivity contribution in [1.82, 2.24) is 5.32 Å². The van der Waals surface area contributed by atoms with Crippen LogP contribution in [-0.4, -0.2) is 18.9 Å². The fraction of sp³-hybridized carbons (Fsp3) is 0.533. The van der Waals surface area contributed by atoms with Crippen molar-refractivity contribution in [3.05, 3.63) is 35.1 Å². The van der Waals surface area contributed by atoms with Crippen molar-refractivity contribution >= 4 is 5.78 Å². The number of benzene rings is 1. The summed E-state index contributed by atoms with van der Waals surface area (Å²) in [6.45, 7) is 3.92. The van der Waals surface area contributed by atoms with Gasteiger partial charge >= 0.3 is 0 Å². The molecule has 0 aromatic heterocycles. The van der Waals surface area contributed by atoms with Gasteiger partial charge < -0.3 is 5.32 Å². The molecule has 0 aliphatic carbocycles. The molecule has 1 aliphatic heterocycles. The molecule has 3 heteroatoms. The molecule has 1 aromatic rings. The average molecular weight is 249 g/mol. The Bertz CT molecular complexity index is 425. The van der Waals surface area contributed by atoms with E-state index < -0.39 is 0 Å². The van der Waals surface area contributed by atoms with Crippen LogP contribution in [0.4, 0.5) is 4.39 Å². The summed E-state index contributed by atoms with van der Waals surface area (Å²) in [7, 11) is 0. The molecule has 1 fully saturated rings. The van der Waals surface area contributed by atoms with E-state index in [0.29, 0.717) is 17.9 Å². The van der Waals surface area contributed by atoms with E-state index in [9.17, 15) is 9.18 Å². The SMILES string of the molecule is Cc1cc(F)ccc1C(=O)CCC1CCNCC1. The standard InChI is InChI=1S/C15H20FNO/c1-11-10-13(16)3-4-14(11)15(18)5-2-12-6-8-17-9-7-12/h3-4,10,12,17H,2,5-9H2,1H3. The van der Waals surface area contributed by atoms with Crippen LogP contribution in [0.2, 0.25) is 0 Å². The molecule has 0 bridgehead atoms. The van der Waals surface area contributed by atoms with Gasteiger partial charge in [0.1, 0.15) is 5.82 Å². The van der Waals surface area contributed by atoms with Gasteiger partial charge in [0.25, 0.3) is 0 Å². The Balaban J connectivity index is 1.90. The van der Waals surface area contributed by atoms with Crippen LogP contribution in [0.1, 0.15) is 41.6 Å². The molecule has 2 rings (SSSR count). The van der Waals surface area contributed by atoms with Crippen molar-refractivity contribution in [2.75, 3.05) is 13.1 Å². The lowest BCUT2D eigenvalue weighted by molar-refractivity contribution is 0.0970. The van der Waals surface area contributed by atoms with Crippen molar-refractivity contribution in [2.24, 2.45) is 5.92 Å². The summed E-state index contributed by atoms with van der Waals surface area (Å²) in [5.41, 5.74) is 1.41. The molecule has 1 aliphatic rings. The van der Waals surface area contributed by atoms with Crippen LogP contribution in [0.5, 0.6) is 0 Å². The minimum Gasteiger partial charge on any atom is -0.317 e. The van der Waals surface area contributed by atoms with E-state index in [1.54, 1.807) is 13.0 Å². The molecule has 2 nitrogen and oxygen atoms in total. The Morgan fingerprint density at radius 3 is 2.78 bits per heavy atom. The van der Waals surface area contributed by atoms with Crippen molar-refractivity contribution in [2.45, 2.75) is 32.6 Å². The van der Waals surface area contributed by atoms with Gasteiger partial charge in [0.05, 0.1) is 0 Å². The lowest BCUT2D eigenvalue weighted by Crippen LogP contribution is -2.28. The van der Waals surface area contributed by atoms with Crippen LogP contribution in [0.15, 0.2) is 18.2 Å². The Labute approximate surface area is 108 Å². The lowest BCUT2D eigenvalue weighted by Gasteiger charge is -2.22. The van der Waals surface area contributed by atoms with Crippen LogP contribution < -0.4 is 5.32 Å². The molecular weight excluding hydrogens is 229 g/mol. The highest BCUT2D eigenvalue weighted by molar-refractivity contribution is 5.97. The first-order valence-corrected chi connectivity index (χ1v) is 6.67. The van der Waals surface area contributed by atoms with Crippen LogP contribution >= 0.6 is 0 Å². The van der Waals surface area contributed by atoms with Crippen LogP contribution in [0.3, 0.4) is 0 Å². The monoisotopic (exact) mass is 249 g/mol. The van der Waals surface area contributed by atoms with Gasteiger partial charge in [-0.15, -0.1) is 0 Å². The summed E-state index contributed by atoms with van der Waals surface area (Å²) >= 11 is 0. The Hall–Kier alpha value is -1.22. The third-order valence-electron chi connectivity index (χ3n) is 3.73. The second-order valence-electron chi connectivity index (χ2n) is 5.11. The molecule has 18 heavy (non-hydrogen) atoms. The second-order valence-corrected chi connectivity index (χ2v) is 5.11. The number of nitrogens with one attached hydrogen (secondary N) is 1. The van der Waals surface area contributed by atoms with E-state index in [2.05, 4.69) is 5.32 Å². The number of Topliss-reactive ketones (excluding diaryl/α,β-unsaturated/α-hetero) is 1. The van der Waals surface area contributed by atoms with Crippen molar-refractivity contribution < 1.29 is 9.18 Å². The predicted octanol–water partition coefficient (Wildman–Crippen LogP) is 3.10. The molecule has 1 aromatic carbocycles. The van der Waals surface area contributed by atoms with E-state index in [1.807, 2.05) is 0 Å². The van der Waals surface area contributed by atoms with E-state index in [1.165, 1.54) is 12.1 Å². The first-order chi connectivity index (χ1) is 8.66. The quantitative estimate of drug-likeness (QED) is 0.831. The minimum atomic E-state index is -0.276. The van der Waals surface area contributed by atoms with Gasteiger partial charge in [0, 0.05) is 12.0 Å². The highest BCUT2D eigenvalue weighted by atomic mass is 19.1. The van der Waals surface area contributed by atoms with Crippen LogP contribution in [-0.2, 0) is 0 Å². The van der Waals surface area contributed by atoms with Crippen molar-refractivity contribution in [3.63, 3.8) is 0 Å². The Kier molecular flexibility index (Phi) is 4.48. The number of hydrogen-bond donors (Lipinski definition) is 1. The molecule has 0 amide bonds. The zero-order valence-corrected chi connectivity index (χ0v) is 10.8. The number of hydrogen-bond acceptors (Lipinski definition) is 2. The fourth-order valence-corrected chi connectivity index (χ4v) is 2.58.